The zero-order valence-electron chi connectivity index (χ0n) is 7.78. The zero-order valence-corrected chi connectivity index (χ0v) is 7.78. The van der Waals surface area contributed by atoms with Crippen LogP contribution in [-0.2, 0) is 6.61 Å². The van der Waals surface area contributed by atoms with Crippen LogP contribution in [0.25, 0.3) is 0 Å². The maximum Gasteiger partial charge on any atom is 0.281 e. The second-order valence-electron chi connectivity index (χ2n) is 2.86. The highest BCUT2D eigenvalue weighted by atomic mass is 19.3. The number of pyridine rings is 1. The van der Waals surface area contributed by atoms with Crippen LogP contribution in [0.1, 0.15) is 23.2 Å². The maximum absolute atomic E-state index is 12.4. The Balaban J connectivity index is 3.42. The molecule has 1 aromatic rings. The van der Waals surface area contributed by atoms with E-state index < -0.39 is 29.3 Å². The lowest BCUT2D eigenvalue weighted by Gasteiger charge is -2.06. The van der Waals surface area contributed by atoms with Crippen molar-refractivity contribution < 1.29 is 18.8 Å². The van der Waals surface area contributed by atoms with Crippen LogP contribution in [0, 0.1) is 17.0 Å². The largest absolute Gasteiger partial charge is 0.391 e. The smallest absolute Gasteiger partial charge is 0.281 e. The number of aliphatic hydroxyl groups is 1. The van der Waals surface area contributed by atoms with Crippen molar-refractivity contribution in [1.82, 2.24) is 4.98 Å². The second-order valence-corrected chi connectivity index (χ2v) is 2.86. The number of nitro groups is 1. The van der Waals surface area contributed by atoms with Crippen molar-refractivity contribution in [2.24, 2.45) is 0 Å². The number of rotatable bonds is 3. The molecule has 0 radical (unpaired) electrons. The highest BCUT2D eigenvalue weighted by Gasteiger charge is 2.24. The first-order valence-corrected chi connectivity index (χ1v) is 4.00. The van der Waals surface area contributed by atoms with E-state index in [4.69, 9.17) is 5.11 Å². The summed E-state index contributed by atoms with van der Waals surface area (Å²) in [4.78, 5) is 13.2. The van der Waals surface area contributed by atoms with Gasteiger partial charge in [0.2, 0.25) is 0 Å². The minimum atomic E-state index is -2.86. The molecule has 0 bridgehead atoms. The Morgan fingerprint density at radius 3 is 2.67 bits per heavy atom. The number of halogens is 2. The van der Waals surface area contributed by atoms with Crippen molar-refractivity contribution >= 4 is 5.69 Å². The Morgan fingerprint density at radius 1 is 1.67 bits per heavy atom. The summed E-state index contributed by atoms with van der Waals surface area (Å²) in [6.45, 7) is 0.583. The van der Waals surface area contributed by atoms with Crippen LogP contribution < -0.4 is 0 Å². The van der Waals surface area contributed by atoms with Crippen molar-refractivity contribution in [2.45, 2.75) is 20.0 Å². The van der Waals surface area contributed by atoms with E-state index >= 15 is 0 Å². The van der Waals surface area contributed by atoms with Crippen LogP contribution in [-0.4, -0.2) is 15.0 Å². The van der Waals surface area contributed by atoms with Crippen molar-refractivity contribution in [3.05, 3.63) is 33.1 Å². The van der Waals surface area contributed by atoms with E-state index in [1.807, 2.05) is 0 Å². The fraction of sp³-hybridized carbons (Fsp3) is 0.375. The van der Waals surface area contributed by atoms with Gasteiger partial charge in [-0.15, -0.1) is 0 Å². The van der Waals surface area contributed by atoms with Crippen molar-refractivity contribution in [1.29, 1.82) is 0 Å². The highest BCUT2D eigenvalue weighted by Crippen LogP contribution is 2.29. The van der Waals surface area contributed by atoms with E-state index in [-0.39, 0.29) is 11.1 Å². The topological polar surface area (TPSA) is 76.3 Å². The summed E-state index contributed by atoms with van der Waals surface area (Å²) in [6, 6.07) is 0. The van der Waals surface area contributed by atoms with Crippen LogP contribution in [0.3, 0.4) is 0 Å². The van der Waals surface area contributed by atoms with Crippen molar-refractivity contribution in [3.63, 3.8) is 0 Å². The third kappa shape index (κ3) is 2.07. The number of hydrogen-bond acceptors (Lipinski definition) is 4. The molecule has 0 spiro atoms. The number of alkyl halides is 2. The first-order valence-electron chi connectivity index (χ1n) is 4.00. The molecule has 0 aliphatic heterocycles. The third-order valence-corrected chi connectivity index (χ3v) is 1.96. The SMILES string of the molecule is Cc1c(C(F)F)ncc(CO)c1[N+](=O)[O-]. The van der Waals surface area contributed by atoms with Gasteiger partial charge in [-0.25, -0.2) is 8.78 Å². The fourth-order valence-corrected chi connectivity index (χ4v) is 1.26. The van der Waals surface area contributed by atoms with Crippen LogP contribution in [0.4, 0.5) is 14.5 Å². The number of aliphatic hydroxyl groups excluding tert-OH is 1. The van der Waals surface area contributed by atoms with Crippen LogP contribution in [0.5, 0.6) is 0 Å². The van der Waals surface area contributed by atoms with Gasteiger partial charge < -0.3 is 5.11 Å². The average molecular weight is 218 g/mol. The van der Waals surface area contributed by atoms with Crippen LogP contribution >= 0.6 is 0 Å². The Labute approximate surface area is 83.5 Å². The molecule has 82 valence electrons. The highest BCUT2D eigenvalue weighted by molar-refractivity contribution is 5.48. The van der Waals surface area contributed by atoms with Crippen LogP contribution in [0.15, 0.2) is 6.20 Å². The molecular weight excluding hydrogens is 210 g/mol. The van der Waals surface area contributed by atoms with Gasteiger partial charge in [-0.1, -0.05) is 0 Å². The summed E-state index contributed by atoms with van der Waals surface area (Å²) >= 11 is 0. The molecule has 0 aliphatic rings. The molecule has 0 saturated carbocycles. The van der Waals surface area contributed by atoms with Crippen molar-refractivity contribution in [2.75, 3.05) is 0 Å². The number of aromatic nitrogens is 1. The van der Waals surface area contributed by atoms with Gasteiger partial charge in [0.05, 0.1) is 22.7 Å². The van der Waals surface area contributed by atoms with E-state index in [1.165, 1.54) is 6.92 Å². The Morgan fingerprint density at radius 2 is 2.27 bits per heavy atom. The lowest BCUT2D eigenvalue weighted by molar-refractivity contribution is -0.386. The summed E-state index contributed by atoms with van der Waals surface area (Å²) in [7, 11) is 0. The van der Waals surface area contributed by atoms with Crippen LogP contribution in [0.2, 0.25) is 0 Å². The maximum atomic E-state index is 12.4. The molecule has 0 fully saturated rings. The molecule has 1 aromatic heterocycles. The predicted octanol–water partition coefficient (Wildman–Crippen LogP) is 1.73. The Bertz CT molecular complexity index is 396. The first kappa shape index (κ1) is 11.4. The quantitative estimate of drug-likeness (QED) is 0.619. The van der Waals surface area contributed by atoms with Gasteiger partial charge in [0, 0.05) is 6.20 Å². The predicted molar refractivity (Wildman–Crippen MR) is 46.5 cm³/mol. The van der Waals surface area contributed by atoms with Gasteiger partial charge in [0.1, 0.15) is 5.69 Å². The van der Waals surface area contributed by atoms with Gasteiger partial charge in [-0.05, 0) is 6.92 Å². The molecule has 1 heterocycles. The second kappa shape index (κ2) is 4.26. The van der Waals surface area contributed by atoms with Gasteiger partial charge in [-0.3, -0.25) is 15.1 Å². The molecule has 0 atom stereocenters. The molecule has 0 amide bonds. The Kier molecular flexibility index (Phi) is 3.25. The number of nitrogens with zero attached hydrogens (tertiary/aromatic N) is 2. The third-order valence-electron chi connectivity index (χ3n) is 1.96. The standard InChI is InChI=1S/C8H8F2N2O3/c1-4-6(8(9)10)11-2-5(3-13)7(4)12(14)15/h2,8,13H,3H2,1H3. The Hall–Kier alpha value is -1.63. The zero-order chi connectivity index (χ0) is 11.6. The van der Waals surface area contributed by atoms with E-state index in [0.29, 0.717) is 0 Å². The first-order chi connectivity index (χ1) is 6.99. The molecule has 7 heteroatoms. The molecule has 0 aromatic carbocycles. The molecule has 1 N–H and O–H groups in total. The molecule has 5 nitrogen and oxygen atoms in total. The molecular formula is C8H8F2N2O3. The van der Waals surface area contributed by atoms with E-state index in [1.54, 1.807) is 0 Å². The summed E-state index contributed by atoms with van der Waals surface area (Å²) in [5.74, 6) is 0. The minimum Gasteiger partial charge on any atom is -0.391 e. The number of hydrogen-bond donors (Lipinski definition) is 1. The minimum absolute atomic E-state index is 0.0677. The molecule has 15 heavy (non-hydrogen) atoms. The summed E-state index contributed by atoms with van der Waals surface area (Å²) < 4.78 is 24.7. The molecule has 0 aliphatic carbocycles. The summed E-state index contributed by atoms with van der Waals surface area (Å²) in [6.07, 6.45) is -1.97. The molecule has 0 unspecified atom stereocenters. The lowest BCUT2D eigenvalue weighted by Crippen LogP contribution is -2.04. The molecule has 0 saturated heterocycles. The van der Waals surface area contributed by atoms with Gasteiger partial charge >= 0.3 is 0 Å². The summed E-state index contributed by atoms with van der Waals surface area (Å²) in [5.41, 5.74) is -1.40. The van der Waals surface area contributed by atoms with Gasteiger partial charge in [-0.2, -0.15) is 0 Å². The normalized spacial score (nSPS) is 10.7. The monoisotopic (exact) mass is 218 g/mol. The lowest BCUT2D eigenvalue weighted by atomic mass is 10.1. The van der Waals surface area contributed by atoms with Gasteiger partial charge in [0.25, 0.3) is 12.1 Å². The van der Waals surface area contributed by atoms with E-state index in [0.717, 1.165) is 6.20 Å². The van der Waals surface area contributed by atoms with E-state index in [2.05, 4.69) is 4.98 Å². The van der Waals surface area contributed by atoms with E-state index in [9.17, 15) is 18.9 Å². The van der Waals surface area contributed by atoms with Gasteiger partial charge in [0.15, 0.2) is 0 Å². The molecule has 1 rings (SSSR count). The fourth-order valence-electron chi connectivity index (χ4n) is 1.26. The van der Waals surface area contributed by atoms with Crippen molar-refractivity contribution in [3.8, 4) is 0 Å². The summed E-state index contributed by atoms with van der Waals surface area (Å²) in [5, 5.41) is 19.4. The average Bonchev–Trinajstić information content (AvgIpc) is 2.15.